The normalized spacial score (nSPS) is 16.7. The molecule has 1 aliphatic carbocycles. The fraction of sp³-hybridized carbons (Fsp3) is 0.444. The van der Waals surface area contributed by atoms with E-state index in [1.807, 2.05) is 18.2 Å². The van der Waals surface area contributed by atoms with Gasteiger partial charge in [-0.05, 0) is 49.4 Å². The highest BCUT2D eigenvalue weighted by Crippen LogP contribution is 2.30. The lowest BCUT2D eigenvalue weighted by atomic mass is 9.87. The van der Waals surface area contributed by atoms with Crippen molar-refractivity contribution in [2.75, 3.05) is 12.3 Å². The molecule has 2 aromatic rings. The molecular weight excluding hydrogens is 366 g/mol. The van der Waals surface area contributed by atoms with Crippen LogP contribution in [-0.2, 0) is 28.3 Å². The summed E-state index contributed by atoms with van der Waals surface area (Å²) in [4.78, 5) is 16.3. The van der Waals surface area contributed by atoms with Gasteiger partial charge in [0, 0.05) is 31.9 Å². The molecule has 0 fully saturated rings. The number of nitrogens with zero attached hydrogens (tertiary/aromatic N) is 2. The van der Waals surface area contributed by atoms with Crippen molar-refractivity contribution in [1.82, 2.24) is 19.6 Å². The molecule has 1 aromatic heterocycles. The van der Waals surface area contributed by atoms with E-state index in [1.165, 1.54) is 6.20 Å². The van der Waals surface area contributed by atoms with Crippen LogP contribution in [0.1, 0.15) is 42.3 Å². The first-order chi connectivity index (χ1) is 12.8. The van der Waals surface area contributed by atoms with Crippen LogP contribution < -0.4 is 15.8 Å². The second-order valence-electron chi connectivity index (χ2n) is 6.86. The zero-order chi connectivity index (χ0) is 19.6. The first kappa shape index (κ1) is 19.4. The number of nitrogens with two attached hydrogens (primary N) is 1. The number of carbonyl (C=O) groups is 1. The second kappa shape index (κ2) is 7.69. The Morgan fingerprint density at radius 2 is 2.19 bits per heavy atom. The number of aryl methyl sites for hydroxylation is 3. The highest BCUT2D eigenvalue weighted by molar-refractivity contribution is 7.89. The quantitative estimate of drug-likeness (QED) is 0.639. The van der Waals surface area contributed by atoms with Crippen molar-refractivity contribution in [3.63, 3.8) is 0 Å². The van der Waals surface area contributed by atoms with Gasteiger partial charge in [0.2, 0.25) is 5.91 Å². The predicted octanol–water partition coefficient (Wildman–Crippen LogP) is 1.17. The second-order valence-corrected chi connectivity index (χ2v) is 8.57. The number of carbonyl (C=O) groups excluding carboxylic acids is 1. The highest BCUT2D eigenvalue weighted by atomic mass is 32.2. The Morgan fingerprint density at radius 3 is 2.89 bits per heavy atom. The number of sulfonamides is 1. The number of nitrogens with one attached hydrogen (secondary N) is 2. The van der Waals surface area contributed by atoms with Crippen LogP contribution in [0.25, 0.3) is 0 Å². The number of benzene rings is 1. The van der Waals surface area contributed by atoms with Crippen LogP contribution in [0.2, 0.25) is 0 Å². The van der Waals surface area contributed by atoms with E-state index in [2.05, 4.69) is 15.0 Å². The van der Waals surface area contributed by atoms with Gasteiger partial charge < -0.3 is 15.6 Å². The van der Waals surface area contributed by atoms with Gasteiger partial charge in [-0.2, -0.15) is 0 Å². The summed E-state index contributed by atoms with van der Waals surface area (Å²) in [6, 6.07) is 5.70. The van der Waals surface area contributed by atoms with Gasteiger partial charge >= 0.3 is 0 Å². The molecule has 0 bridgehead atoms. The minimum Gasteiger partial charge on any atom is -0.399 e. The number of hydrogen-bond donors (Lipinski definition) is 3. The number of aromatic nitrogens is 2. The summed E-state index contributed by atoms with van der Waals surface area (Å²) in [5.41, 5.74) is 8.81. The lowest BCUT2D eigenvalue weighted by Gasteiger charge is -2.26. The molecule has 4 N–H and O–H groups in total. The summed E-state index contributed by atoms with van der Waals surface area (Å²) in [5.74, 6) is 0.411. The number of imidazole rings is 1. The largest absolute Gasteiger partial charge is 0.399 e. The fourth-order valence-corrected chi connectivity index (χ4v) is 4.35. The van der Waals surface area contributed by atoms with Crippen LogP contribution in [0, 0.1) is 6.92 Å². The van der Waals surface area contributed by atoms with Gasteiger partial charge in [-0.15, -0.1) is 0 Å². The molecule has 0 aliphatic heterocycles. The van der Waals surface area contributed by atoms with E-state index in [0.717, 1.165) is 36.1 Å². The topological polar surface area (TPSA) is 119 Å². The average Bonchev–Trinajstić information content (AvgIpc) is 2.94. The molecule has 1 heterocycles. The number of fused-ring (bicyclic) bond motifs is 1. The van der Waals surface area contributed by atoms with E-state index in [-0.39, 0.29) is 29.9 Å². The SMILES string of the molecule is Cc1nc(S(=O)(=O)NCCC(=O)NC2CCCc3cc(N)ccc32)cn1C. The first-order valence-corrected chi connectivity index (χ1v) is 10.4. The third-order valence-electron chi connectivity index (χ3n) is 4.82. The summed E-state index contributed by atoms with van der Waals surface area (Å²) in [7, 11) is -1.99. The van der Waals surface area contributed by atoms with Crippen LogP contribution in [0.3, 0.4) is 0 Å². The van der Waals surface area contributed by atoms with Gasteiger partial charge in [0.05, 0.1) is 6.04 Å². The Labute approximate surface area is 159 Å². The van der Waals surface area contributed by atoms with Gasteiger partial charge in [0.25, 0.3) is 10.0 Å². The van der Waals surface area contributed by atoms with Crippen molar-refractivity contribution in [3.05, 3.63) is 41.3 Å². The van der Waals surface area contributed by atoms with E-state index in [9.17, 15) is 13.2 Å². The molecule has 1 unspecified atom stereocenters. The van der Waals surface area contributed by atoms with Gasteiger partial charge in [0.1, 0.15) is 5.82 Å². The minimum atomic E-state index is -3.72. The third-order valence-corrected chi connectivity index (χ3v) is 6.15. The first-order valence-electron chi connectivity index (χ1n) is 8.93. The van der Waals surface area contributed by atoms with Crippen molar-refractivity contribution in [3.8, 4) is 0 Å². The van der Waals surface area contributed by atoms with Crippen LogP contribution in [-0.4, -0.2) is 30.4 Å². The average molecular weight is 391 g/mol. The predicted molar refractivity (Wildman–Crippen MR) is 102 cm³/mol. The van der Waals surface area contributed by atoms with E-state index in [1.54, 1.807) is 18.5 Å². The zero-order valence-corrected chi connectivity index (χ0v) is 16.3. The third kappa shape index (κ3) is 4.48. The summed E-state index contributed by atoms with van der Waals surface area (Å²) in [6.45, 7) is 1.74. The summed E-state index contributed by atoms with van der Waals surface area (Å²) in [6.07, 6.45) is 4.30. The molecule has 27 heavy (non-hydrogen) atoms. The smallest absolute Gasteiger partial charge is 0.259 e. The molecule has 9 heteroatoms. The summed E-state index contributed by atoms with van der Waals surface area (Å²) < 4.78 is 28.5. The van der Waals surface area contributed by atoms with Crippen molar-refractivity contribution in [1.29, 1.82) is 0 Å². The Morgan fingerprint density at radius 1 is 1.41 bits per heavy atom. The number of amides is 1. The standard InChI is InChI=1S/C18H25N5O3S/c1-12-21-18(11-23(12)2)27(25,26)20-9-8-17(24)22-16-5-3-4-13-10-14(19)6-7-15(13)16/h6-7,10-11,16,20H,3-5,8-9,19H2,1-2H3,(H,22,24). The Balaban J connectivity index is 1.55. The molecule has 0 radical (unpaired) electrons. The maximum Gasteiger partial charge on any atom is 0.259 e. The monoisotopic (exact) mass is 391 g/mol. The lowest BCUT2D eigenvalue weighted by Crippen LogP contribution is -2.34. The van der Waals surface area contributed by atoms with Gasteiger partial charge in [-0.1, -0.05) is 6.07 Å². The van der Waals surface area contributed by atoms with E-state index < -0.39 is 10.0 Å². The van der Waals surface area contributed by atoms with Crippen molar-refractivity contribution >= 4 is 21.6 Å². The molecule has 0 saturated heterocycles. The molecule has 0 spiro atoms. The molecule has 0 saturated carbocycles. The van der Waals surface area contributed by atoms with E-state index in [4.69, 9.17) is 5.73 Å². The molecule has 1 amide bonds. The van der Waals surface area contributed by atoms with Crippen LogP contribution in [0.4, 0.5) is 5.69 Å². The number of rotatable bonds is 6. The van der Waals surface area contributed by atoms with E-state index >= 15 is 0 Å². The minimum absolute atomic E-state index is 0.0190. The van der Waals surface area contributed by atoms with Crippen LogP contribution in [0.15, 0.2) is 29.4 Å². The van der Waals surface area contributed by atoms with E-state index in [0.29, 0.717) is 5.82 Å². The number of hydrogen-bond acceptors (Lipinski definition) is 5. The molecule has 146 valence electrons. The molecule has 3 rings (SSSR count). The maximum absolute atomic E-state index is 12.3. The van der Waals surface area contributed by atoms with Crippen molar-refractivity contribution in [2.45, 2.75) is 43.7 Å². The number of anilines is 1. The molecule has 8 nitrogen and oxygen atoms in total. The van der Waals surface area contributed by atoms with Crippen molar-refractivity contribution in [2.24, 2.45) is 7.05 Å². The maximum atomic E-state index is 12.3. The molecule has 1 atom stereocenters. The molecule has 1 aliphatic rings. The lowest BCUT2D eigenvalue weighted by molar-refractivity contribution is -0.121. The Hall–Kier alpha value is -2.39. The molecule has 1 aromatic carbocycles. The Bertz CT molecular complexity index is 932. The van der Waals surface area contributed by atoms with Gasteiger partial charge in [-0.25, -0.2) is 18.1 Å². The van der Waals surface area contributed by atoms with Crippen molar-refractivity contribution < 1.29 is 13.2 Å². The van der Waals surface area contributed by atoms with Gasteiger partial charge in [-0.3, -0.25) is 4.79 Å². The zero-order valence-electron chi connectivity index (χ0n) is 15.5. The number of nitrogen functional groups attached to an aromatic ring is 1. The summed E-state index contributed by atoms with van der Waals surface area (Å²) >= 11 is 0. The summed E-state index contributed by atoms with van der Waals surface area (Å²) in [5, 5.41) is 2.96. The van der Waals surface area contributed by atoms with Crippen LogP contribution in [0.5, 0.6) is 0 Å². The van der Waals surface area contributed by atoms with Crippen LogP contribution >= 0.6 is 0 Å². The van der Waals surface area contributed by atoms with Gasteiger partial charge in [0.15, 0.2) is 5.03 Å². The Kier molecular flexibility index (Phi) is 5.52. The molecular formula is C18H25N5O3S. The highest BCUT2D eigenvalue weighted by Gasteiger charge is 2.22. The fourth-order valence-electron chi connectivity index (χ4n) is 3.28.